The van der Waals surface area contributed by atoms with Gasteiger partial charge in [-0.2, -0.15) is 5.10 Å². The molecule has 1 amide bonds. The second-order valence-corrected chi connectivity index (χ2v) is 7.35. The number of hydrogen-bond donors (Lipinski definition) is 0. The molecule has 4 rings (SSSR count). The van der Waals surface area contributed by atoms with Gasteiger partial charge in [0.05, 0.1) is 6.04 Å². The van der Waals surface area contributed by atoms with Gasteiger partial charge >= 0.3 is 0 Å². The molecule has 0 radical (unpaired) electrons. The normalized spacial score (nSPS) is 27.1. The van der Waals surface area contributed by atoms with Gasteiger partial charge in [-0.15, -0.1) is 0 Å². The van der Waals surface area contributed by atoms with Crippen LogP contribution >= 0.6 is 0 Å². The second kappa shape index (κ2) is 6.64. The summed E-state index contributed by atoms with van der Waals surface area (Å²) >= 11 is 0. The van der Waals surface area contributed by atoms with Crippen molar-refractivity contribution in [1.29, 1.82) is 0 Å². The van der Waals surface area contributed by atoms with Gasteiger partial charge in [0, 0.05) is 38.3 Å². The SMILES string of the molecule is CN1C[C@@H](c2ccccc2)[C@H]2[C@@H]1CCCCN2C(=O)c1ccnn1C. The molecule has 0 bridgehead atoms. The van der Waals surface area contributed by atoms with Gasteiger partial charge in [-0.1, -0.05) is 36.8 Å². The largest absolute Gasteiger partial charge is 0.332 e. The molecule has 0 aliphatic carbocycles. The quantitative estimate of drug-likeness (QED) is 0.845. The van der Waals surface area contributed by atoms with Crippen molar-refractivity contribution in [3.05, 3.63) is 53.9 Å². The van der Waals surface area contributed by atoms with E-state index in [0.717, 1.165) is 19.5 Å². The first kappa shape index (κ1) is 16.3. The summed E-state index contributed by atoms with van der Waals surface area (Å²) in [6.07, 6.45) is 5.13. The van der Waals surface area contributed by atoms with E-state index in [4.69, 9.17) is 0 Å². The molecule has 2 aliphatic heterocycles. The maximum atomic E-state index is 13.3. The van der Waals surface area contributed by atoms with Crippen LogP contribution in [-0.2, 0) is 7.05 Å². The van der Waals surface area contributed by atoms with Crippen LogP contribution in [0.3, 0.4) is 0 Å². The van der Waals surface area contributed by atoms with Crippen molar-refractivity contribution < 1.29 is 4.79 Å². The molecule has 2 aromatic rings. The first-order chi connectivity index (χ1) is 12.2. The van der Waals surface area contributed by atoms with Crippen LogP contribution in [0.4, 0.5) is 0 Å². The summed E-state index contributed by atoms with van der Waals surface area (Å²) in [5, 5.41) is 4.19. The summed E-state index contributed by atoms with van der Waals surface area (Å²) in [4.78, 5) is 17.9. The Labute approximate surface area is 149 Å². The van der Waals surface area contributed by atoms with Crippen molar-refractivity contribution in [3.63, 3.8) is 0 Å². The van der Waals surface area contributed by atoms with E-state index in [1.54, 1.807) is 10.9 Å². The Hall–Kier alpha value is -2.14. The molecule has 3 heterocycles. The summed E-state index contributed by atoms with van der Waals surface area (Å²) in [7, 11) is 4.05. The first-order valence-corrected chi connectivity index (χ1v) is 9.21. The number of aryl methyl sites for hydroxylation is 1. The number of hydrogen-bond acceptors (Lipinski definition) is 3. The molecule has 25 heavy (non-hydrogen) atoms. The predicted octanol–water partition coefficient (Wildman–Crippen LogP) is 2.51. The number of fused-ring (bicyclic) bond motifs is 1. The maximum absolute atomic E-state index is 13.3. The fraction of sp³-hybridized carbons (Fsp3) is 0.500. The van der Waals surface area contributed by atoms with E-state index in [1.807, 2.05) is 13.1 Å². The average Bonchev–Trinajstić information content (AvgIpc) is 3.11. The zero-order chi connectivity index (χ0) is 17.4. The molecule has 1 aromatic carbocycles. The molecule has 0 unspecified atom stereocenters. The van der Waals surface area contributed by atoms with E-state index in [-0.39, 0.29) is 11.9 Å². The molecule has 0 spiro atoms. The minimum atomic E-state index is 0.119. The number of amides is 1. The standard InChI is InChI=1S/C20H26N4O/c1-22-14-16(15-8-4-3-5-9-15)19-17(22)10-6-7-13-24(19)20(25)18-11-12-21-23(18)2/h3-5,8-9,11-12,16-17,19H,6-7,10,13-14H2,1-2H3/t16-,17-,19-/m0/s1. The van der Waals surface area contributed by atoms with Crippen LogP contribution in [0.15, 0.2) is 42.6 Å². The van der Waals surface area contributed by atoms with Crippen LogP contribution in [0.2, 0.25) is 0 Å². The average molecular weight is 338 g/mol. The number of likely N-dealkylation sites (tertiary alicyclic amines) is 2. The molecule has 2 fully saturated rings. The summed E-state index contributed by atoms with van der Waals surface area (Å²) in [6.45, 7) is 1.84. The van der Waals surface area contributed by atoms with E-state index in [1.165, 1.54) is 18.4 Å². The minimum absolute atomic E-state index is 0.119. The first-order valence-electron chi connectivity index (χ1n) is 9.21. The lowest BCUT2D eigenvalue weighted by Crippen LogP contribution is -2.48. The lowest BCUT2D eigenvalue weighted by molar-refractivity contribution is 0.0633. The molecular formula is C20H26N4O. The zero-order valence-electron chi connectivity index (χ0n) is 15.0. The number of benzene rings is 1. The third-order valence-corrected chi connectivity index (χ3v) is 5.89. The van der Waals surface area contributed by atoms with E-state index in [0.29, 0.717) is 17.7 Å². The molecule has 0 saturated carbocycles. The highest BCUT2D eigenvalue weighted by molar-refractivity contribution is 5.93. The van der Waals surface area contributed by atoms with Crippen molar-refractivity contribution >= 4 is 5.91 Å². The molecule has 3 atom stereocenters. The molecule has 5 heteroatoms. The second-order valence-electron chi connectivity index (χ2n) is 7.35. The van der Waals surface area contributed by atoms with Gasteiger partial charge in [0.2, 0.25) is 0 Å². The van der Waals surface area contributed by atoms with Crippen molar-refractivity contribution in [1.82, 2.24) is 19.6 Å². The van der Waals surface area contributed by atoms with Gasteiger partial charge in [-0.05, 0) is 31.5 Å². The molecule has 5 nitrogen and oxygen atoms in total. The highest BCUT2D eigenvalue weighted by Crippen LogP contribution is 2.39. The number of likely N-dealkylation sites (N-methyl/N-ethyl adjacent to an activating group) is 1. The molecule has 2 saturated heterocycles. The van der Waals surface area contributed by atoms with Gasteiger partial charge in [-0.3, -0.25) is 9.48 Å². The number of rotatable bonds is 2. The van der Waals surface area contributed by atoms with Crippen molar-refractivity contribution in [3.8, 4) is 0 Å². The van der Waals surface area contributed by atoms with Gasteiger partial charge in [0.15, 0.2) is 0 Å². The smallest absolute Gasteiger partial charge is 0.272 e. The van der Waals surface area contributed by atoms with Crippen LogP contribution < -0.4 is 0 Å². The highest BCUT2D eigenvalue weighted by Gasteiger charge is 2.46. The fourth-order valence-corrected chi connectivity index (χ4v) is 4.65. The topological polar surface area (TPSA) is 41.4 Å². The number of carbonyl (C=O) groups is 1. The van der Waals surface area contributed by atoms with E-state index < -0.39 is 0 Å². The van der Waals surface area contributed by atoms with Gasteiger partial charge in [0.1, 0.15) is 5.69 Å². The molecular weight excluding hydrogens is 312 g/mol. The lowest BCUT2D eigenvalue weighted by atomic mass is 9.89. The number of carbonyl (C=O) groups excluding carboxylic acids is 1. The lowest BCUT2D eigenvalue weighted by Gasteiger charge is -2.35. The van der Waals surface area contributed by atoms with E-state index >= 15 is 0 Å². The fourth-order valence-electron chi connectivity index (χ4n) is 4.65. The van der Waals surface area contributed by atoms with E-state index in [9.17, 15) is 4.79 Å². The third-order valence-electron chi connectivity index (χ3n) is 5.89. The van der Waals surface area contributed by atoms with Crippen molar-refractivity contribution in [2.75, 3.05) is 20.1 Å². The van der Waals surface area contributed by atoms with Gasteiger partial charge in [0.25, 0.3) is 5.91 Å². The molecule has 1 aromatic heterocycles. The van der Waals surface area contributed by atoms with Gasteiger partial charge in [-0.25, -0.2) is 0 Å². The van der Waals surface area contributed by atoms with Crippen LogP contribution in [0.5, 0.6) is 0 Å². The Balaban J connectivity index is 1.72. The summed E-state index contributed by atoms with van der Waals surface area (Å²) in [5.74, 6) is 0.486. The Morgan fingerprint density at radius 3 is 2.64 bits per heavy atom. The minimum Gasteiger partial charge on any atom is -0.332 e. The van der Waals surface area contributed by atoms with Crippen LogP contribution in [0, 0.1) is 0 Å². The van der Waals surface area contributed by atoms with Crippen LogP contribution in [0.25, 0.3) is 0 Å². The zero-order valence-corrected chi connectivity index (χ0v) is 15.0. The Kier molecular flexibility index (Phi) is 4.34. The van der Waals surface area contributed by atoms with Crippen LogP contribution in [0.1, 0.15) is 41.2 Å². The van der Waals surface area contributed by atoms with Crippen molar-refractivity contribution in [2.45, 2.75) is 37.3 Å². The maximum Gasteiger partial charge on any atom is 0.272 e. The monoisotopic (exact) mass is 338 g/mol. The van der Waals surface area contributed by atoms with Gasteiger partial charge < -0.3 is 9.80 Å². The summed E-state index contributed by atoms with van der Waals surface area (Å²) in [6, 6.07) is 13.2. The Bertz CT molecular complexity index is 741. The van der Waals surface area contributed by atoms with E-state index in [2.05, 4.69) is 52.3 Å². The number of nitrogens with zero attached hydrogens (tertiary/aromatic N) is 4. The number of aromatic nitrogens is 2. The summed E-state index contributed by atoms with van der Waals surface area (Å²) in [5.41, 5.74) is 2.02. The molecule has 0 N–H and O–H groups in total. The molecule has 132 valence electrons. The predicted molar refractivity (Wildman–Crippen MR) is 97.5 cm³/mol. The highest BCUT2D eigenvalue weighted by atomic mass is 16.2. The van der Waals surface area contributed by atoms with Crippen molar-refractivity contribution in [2.24, 2.45) is 7.05 Å². The van der Waals surface area contributed by atoms with Crippen LogP contribution in [-0.4, -0.2) is 57.7 Å². The Morgan fingerprint density at radius 2 is 1.92 bits per heavy atom. The Morgan fingerprint density at radius 1 is 1.12 bits per heavy atom. The third kappa shape index (κ3) is 2.86. The molecule has 2 aliphatic rings. The summed E-state index contributed by atoms with van der Waals surface area (Å²) < 4.78 is 1.69.